The Labute approximate surface area is 200 Å². The normalized spacial score (nSPS) is 13.1. The fraction of sp³-hybridized carbons (Fsp3) is 0.200. The number of nitrogens with one attached hydrogen (secondary N) is 2. The molecule has 4 aromatic rings. The van der Waals surface area contributed by atoms with E-state index in [1.165, 1.54) is 18.3 Å². The molecule has 1 saturated heterocycles. The number of halogens is 1. The van der Waals surface area contributed by atoms with Crippen molar-refractivity contribution < 1.29 is 18.7 Å². The van der Waals surface area contributed by atoms with Gasteiger partial charge in [0.2, 0.25) is 5.78 Å². The summed E-state index contributed by atoms with van der Waals surface area (Å²) in [5.74, 6) is -0.149. The zero-order chi connectivity index (χ0) is 24.2. The molecule has 5 rings (SSSR count). The highest BCUT2D eigenvalue weighted by Crippen LogP contribution is 2.26. The van der Waals surface area contributed by atoms with Crippen molar-refractivity contribution in [3.63, 3.8) is 0 Å². The fourth-order valence-corrected chi connectivity index (χ4v) is 3.88. The smallest absolute Gasteiger partial charge is 0.412 e. The van der Waals surface area contributed by atoms with Gasteiger partial charge in [-0.05, 0) is 36.6 Å². The Morgan fingerprint density at radius 1 is 1.00 bits per heavy atom. The Bertz CT molecular complexity index is 1370. The molecular formula is C25H23FN6O3. The number of fused-ring (bicyclic) bond motifs is 1. The number of hydrogen-bond acceptors (Lipinski definition) is 5. The molecule has 1 aliphatic rings. The van der Waals surface area contributed by atoms with Crippen LogP contribution in [-0.2, 0) is 11.3 Å². The SMILES string of the molecule is O=C(Nc1cnc2nc(-c3cc(NC(=O)N4CCCC4)ccc3F)cn2c1)OCc1ccccc1. The second-order valence-corrected chi connectivity index (χ2v) is 8.18. The van der Waals surface area contributed by atoms with Gasteiger partial charge in [0, 0.05) is 36.7 Å². The van der Waals surface area contributed by atoms with Gasteiger partial charge in [-0.3, -0.25) is 9.72 Å². The first kappa shape index (κ1) is 22.3. The zero-order valence-electron chi connectivity index (χ0n) is 18.8. The predicted molar refractivity (Wildman–Crippen MR) is 128 cm³/mol. The van der Waals surface area contributed by atoms with E-state index in [1.807, 2.05) is 30.3 Å². The van der Waals surface area contributed by atoms with Crippen molar-refractivity contribution >= 4 is 29.3 Å². The van der Waals surface area contributed by atoms with Crippen LogP contribution in [0.15, 0.2) is 67.1 Å². The van der Waals surface area contributed by atoms with Crippen LogP contribution >= 0.6 is 0 Å². The van der Waals surface area contributed by atoms with Gasteiger partial charge in [-0.2, -0.15) is 0 Å². The molecule has 3 heterocycles. The number of carbonyl (C=O) groups is 2. The molecule has 2 aromatic heterocycles. The van der Waals surface area contributed by atoms with Gasteiger partial charge in [0.05, 0.1) is 17.6 Å². The van der Waals surface area contributed by atoms with Crippen molar-refractivity contribution in [2.75, 3.05) is 23.7 Å². The summed E-state index contributed by atoms with van der Waals surface area (Å²) in [5, 5.41) is 5.44. The fourth-order valence-electron chi connectivity index (χ4n) is 3.88. The predicted octanol–water partition coefficient (Wildman–Crippen LogP) is 4.91. The van der Waals surface area contributed by atoms with Crippen LogP contribution in [0.1, 0.15) is 18.4 Å². The molecule has 178 valence electrons. The topological polar surface area (TPSA) is 101 Å². The van der Waals surface area contributed by atoms with Crippen LogP contribution in [-0.4, -0.2) is 44.5 Å². The highest BCUT2D eigenvalue weighted by Gasteiger charge is 2.19. The average Bonchev–Trinajstić information content (AvgIpc) is 3.55. The highest BCUT2D eigenvalue weighted by atomic mass is 19.1. The number of aromatic nitrogens is 3. The molecule has 2 aromatic carbocycles. The van der Waals surface area contributed by atoms with Crippen LogP contribution in [0.4, 0.5) is 25.4 Å². The van der Waals surface area contributed by atoms with Gasteiger partial charge in [-0.25, -0.2) is 23.9 Å². The van der Waals surface area contributed by atoms with Crippen molar-refractivity contribution in [2.45, 2.75) is 19.4 Å². The van der Waals surface area contributed by atoms with E-state index in [0.717, 1.165) is 18.4 Å². The average molecular weight is 474 g/mol. The first-order valence-electron chi connectivity index (χ1n) is 11.2. The Kier molecular flexibility index (Phi) is 6.25. The lowest BCUT2D eigenvalue weighted by atomic mass is 10.1. The van der Waals surface area contributed by atoms with Crippen molar-refractivity contribution in [3.8, 4) is 11.3 Å². The minimum atomic E-state index is -0.622. The van der Waals surface area contributed by atoms with Crippen molar-refractivity contribution in [2.24, 2.45) is 0 Å². The van der Waals surface area contributed by atoms with E-state index in [0.29, 0.717) is 35.9 Å². The third-order valence-corrected chi connectivity index (χ3v) is 5.66. The van der Waals surface area contributed by atoms with E-state index in [9.17, 15) is 14.0 Å². The van der Waals surface area contributed by atoms with Gasteiger partial charge in [0.15, 0.2) is 0 Å². The number of nitrogens with zero attached hydrogens (tertiary/aromatic N) is 4. The maximum atomic E-state index is 14.6. The first-order chi connectivity index (χ1) is 17.0. The molecule has 3 amide bonds. The summed E-state index contributed by atoms with van der Waals surface area (Å²) < 4.78 is 21.4. The lowest BCUT2D eigenvalue weighted by Gasteiger charge is -2.16. The first-order valence-corrected chi connectivity index (χ1v) is 11.2. The van der Waals surface area contributed by atoms with E-state index in [2.05, 4.69) is 20.6 Å². The third-order valence-electron chi connectivity index (χ3n) is 5.66. The molecule has 0 spiro atoms. The van der Waals surface area contributed by atoms with Crippen LogP contribution < -0.4 is 10.6 Å². The summed E-state index contributed by atoms with van der Waals surface area (Å²) in [4.78, 5) is 34.9. The van der Waals surface area contributed by atoms with Gasteiger partial charge in [-0.15, -0.1) is 0 Å². The minimum Gasteiger partial charge on any atom is -0.444 e. The molecule has 0 radical (unpaired) electrons. The lowest BCUT2D eigenvalue weighted by Crippen LogP contribution is -2.32. The molecule has 0 atom stereocenters. The van der Waals surface area contributed by atoms with Crippen molar-refractivity contribution in [1.29, 1.82) is 0 Å². The molecule has 0 saturated carbocycles. The number of hydrogen-bond donors (Lipinski definition) is 2. The number of carbonyl (C=O) groups excluding carboxylic acids is 2. The van der Waals surface area contributed by atoms with Crippen LogP contribution in [0.3, 0.4) is 0 Å². The zero-order valence-corrected chi connectivity index (χ0v) is 18.8. The van der Waals surface area contributed by atoms with Gasteiger partial charge < -0.3 is 15.0 Å². The van der Waals surface area contributed by atoms with Crippen LogP contribution in [0.2, 0.25) is 0 Å². The maximum Gasteiger partial charge on any atom is 0.412 e. The summed E-state index contributed by atoms with van der Waals surface area (Å²) >= 11 is 0. The van der Waals surface area contributed by atoms with Gasteiger partial charge in [0.25, 0.3) is 0 Å². The summed E-state index contributed by atoms with van der Waals surface area (Å²) in [6.07, 6.45) is 6.00. The molecule has 9 nitrogen and oxygen atoms in total. The number of urea groups is 1. The molecule has 0 unspecified atom stereocenters. The summed E-state index contributed by atoms with van der Waals surface area (Å²) in [6.45, 7) is 1.57. The number of anilines is 2. The Morgan fingerprint density at radius 3 is 2.60 bits per heavy atom. The number of imidazole rings is 1. The molecule has 10 heteroatoms. The van der Waals surface area contributed by atoms with E-state index in [4.69, 9.17) is 4.74 Å². The van der Waals surface area contributed by atoms with Crippen LogP contribution in [0.5, 0.6) is 0 Å². The molecule has 2 N–H and O–H groups in total. The van der Waals surface area contributed by atoms with Crippen LogP contribution in [0, 0.1) is 5.82 Å². The largest absolute Gasteiger partial charge is 0.444 e. The second kappa shape index (κ2) is 9.80. The van der Waals surface area contributed by atoms with Gasteiger partial charge in [0.1, 0.15) is 12.4 Å². The Hall–Kier alpha value is -4.47. The third kappa shape index (κ3) is 5.21. The highest BCUT2D eigenvalue weighted by molar-refractivity contribution is 5.90. The summed E-state index contributed by atoms with van der Waals surface area (Å²) in [7, 11) is 0. The molecule has 0 aliphatic carbocycles. The standard InChI is InChI=1S/C25H23FN6O3/c26-21-9-8-18(28-24(33)31-10-4-5-11-31)12-20(21)22-15-32-14-19(13-27-23(32)30-22)29-25(34)35-16-17-6-2-1-3-7-17/h1-3,6-9,12-15H,4-5,10-11,16H2,(H,28,33)(H,29,34). The molecule has 0 bridgehead atoms. The number of amides is 3. The summed E-state index contributed by atoms with van der Waals surface area (Å²) in [5.41, 5.74) is 2.32. The number of ether oxygens (including phenoxy) is 1. The number of rotatable bonds is 5. The monoisotopic (exact) mass is 474 g/mol. The molecule has 1 fully saturated rings. The van der Waals surface area contributed by atoms with Crippen molar-refractivity contribution in [3.05, 3.63) is 78.5 Å². The number of likely N-dealkylation sites (tertiary alicyclic amines) is 1. The van der Waals surface area contributed by atoms with Gasteiger partial charge >= 0.3 is 12.1 Å². The lowest BCUT2D eigenvalue weighted by molar-refractivity contribution is 0.155. The second-order valence-electron chi connectivity index (χ2n) is 8.18. The van der Waals surface area contributed by atoms with E-state index < -0.39 is 11.9 Å². The molecular weight excluding hydrogens is 451 g/mol. The van der Waals surface area contributed by atoms with E-state index in [-0.39, 0.29) is 18.2 Å². The van der Waals surface area contributed by atoms with Crippen molar-refractivity contribution in [1.82, 2.24) is 19.3 Å². The maximum absolute atomic E-state index is 14.6. The molecule has 1 aliphatic heterocycles. The number of benzene rings is 2. The minimum absolute atomic E-state index is 0.140. The van der Waals surface area contributed by atoms with E-state index in [1.54, 1.807) is 27.8 Å². The molecule has 35 heavy (non-hydrogen) atoms. The quantitative estimate of drug-likeness (QED) is 0.428. The summed E-state index contributed by atoms with van der Waals surface area (Å²) in [6, 6.07) is 13.5. The van der Waals surface area contributed by atoms with Crippen LogP contribution in [0.25, 0.3) is 17.0 Å². The Balaban J connectivity index is 1.29. The Morgan fingerprint density at radius 2 is 1.80 bits per heavy atom. The van der Waals surface area contributed by atoms with E-state index >= 15 is 0 Å². The van der Waals surface area contributed by atoms with Gasteiger partial charge in [-0.1, -0.05) is 30.3 Å².